The predicted octanol–water partition coefficient (Wildman–Crippen LogP) is 2.24. The maximum Gasteiger partial charge on any atom is 0.170 e. The molecule has 0 heterocycles. The average Bonchev–Trinajstić information content (AvgIpc) is 2.10. The molecule has 0 fully saturated rings. The molecule has 0 rings (SSSR count). The van der Waals surface area contributed by atoms with E-state index >= 15 is 0 Å². The summed E-state index contributed by atoms with van der Waals surface area (Å²) in [5, 5.41) is -0.550. The van der Waals surface area contributed by atoms with Crippen molar-refractivity contribution in [1.82, 2.24) is 0 Å². The molecule has 0 aromatic heterocycles. The molecule has 13 heavy (non-hydrogen) atoms. The van der Waals surface area contributed by atoms with Crippen LogP contribution in [-0.4, -0.2) is 14.1 Å². The minimum atomic E-state index is -1.84. The summed E-state index contributed by atoms with van der Waals surface area (Å²) in [6, 6.07) is 0. The van der Waals surface area contributed by atoms with Crippen LogP contribution in [0.25, 0.3) is 0 Å². The predicted molar refractivity (Wildman–Crippen MR) is 56.7 cm³/mol. The van der Waals surface area contributed by atoms with E-state index in [0.717, 1.165) is 12.8 Å². The van der Waals surface area contributed by atoms with Crippen LogP contribution in [0.5, 0.6) is 0 Å². The largest absolute Gasteiger partial charge is 0.315 e. The van der Waals surface area contributed by atoms with E-state index in [0.29, 0.717) is 6.42 Å². The smallest absolute Gasteiger partial charge is 0.170 e. The van der Waals surface area contributed by atoms with E-state index in [2.05, 4.69) is 6.92 Å². The Morgan fingerprint density at radius 3 is 2.31 bits per heavy atom. The first-order valence-corrected chi connectivity index (χ1v) is 6.20. The van der Waals surface area contributed by atoms with E-state index in [9.17, 15) is 4.21 Å². The lowest BCUT2D eigenvalue weighted by Gasteiger charge is -2.05. The van der Waals surface area contributed by atoms with E-state index in [1.54, 1.807) is 0 Å². The van der Waals surface area contributed by atoms with Crippen LogP contribution in [-0.2, 0) is 11.1 Å². The molecule has 0 aromatic carbocycles. The average molecular weight is 207 g/mol. The van der Waals surface area contributed by atoms with Crippen LogP contribution in [0, 0.1) is 0 Å². The fourth-order valence-electron chi connectivity index (χ4n) is 1.23. The van der Waals surface area contributed by atoms with E-state index in [1.165, 1.54) is 25.7 Å². The molecule has 0 amide bonds. The highest BCUT2D eigenvalue weighted by molar-refractivity contribution is 7.79. The zero-order valence-electron chi connectivity index (χ0n) is 8.37. The molecule has 0 bridgehead atoms. The van der Waals surface area contributed by atoms with Gasteiger partial charge < -0.3 is 10.3 Å². The SMILES string of the molecule is CCCCCCCCC(N)S(=O)O. The second-order valence-corrected chi connectivity index (χ2v) is 4.53. The minimum absolute atomic E-state index is 0.550. The van der Waals surface area contributed by atoms with Gasteiger partial charge in [-0.1, -0.05) is 45.4 Å². The second-order valence-electron chi connectivity index (χ2n) is 3.37. The van der Waals surface area contributed by atoms with Gasteiger partial charge in [0.25, 0.3) is 0 Å². The van der Waals surface area contributed by atoms with Crippen LogP contribution in [0.3, 0.4) is 0 Å². The maximum atomic E-state index is 10.5. The van der Waals surface area contributed by atoms with Crippen molar-refractivity contribution in [3.05, 3.63) is 0 Å². The van der Waals surface area contributed by atoms with Gasteiger partial charge in [-0.3, -0.25) is 0 Å². The van der Waals surface area contributed by atoms with Crippen molar-refractivity contribution in [3.8, 4) is 0 Å². The van der Waals surface area contributed by atoms with Gasteiger partial charge >= 0.3 is 0 Å². The van der Waals surface area contributed by atoms with Gasteiger partial charge in [0.05, 0.1) is 0 Å². The fraction of sp³-hybridized carbons (Fsp3) is 1.00. The standard InChI is InChI=1S/C9H21NO2S/c1-2-3-4-5-6-7-8-9(10)13(11)12/h9H,2-8,10H2,1H3,(H,11,12). The van der Waals surface area contributed by atoms with Crippen LogP contribution in [0.2, 0.25) is 0 Å². The first kappa shape index (κ1) is 13.1. The first-order valence-electron chi connectivity index (χ1n) is 5.03. The molecule has 4 heteroatoms. The Morgan fingerprint density at radius 2 is 1.77 bits per heavy atom. The Balaban J connectivity index is 3.11. The molecule has 0 saturated carbocycles. The molecule has 80 valence electrons. The maximum absolute atomic E-state index is 10.5. The zero-order valence-corrected chi connectivity index (χ0v) is 9.18. The normalized spacial score (nSPS) is 15.6. The molecule has 0 aliphatic carbocycles. The second kappa shape index (κ2) is 8.66. The first-order chi connectivity index (χ1) is 6.18. The molecule has 2 atom stereocenters. The van der Waals surface area contributed by atoms with Gasteiger partial charge in [0.1, 0.15) is 5.37 Å². The summed E-state index contributed by atoms with van der Waals surface area (Å²) < 4.78 is 19.1. The number of hydrogen-bond acceptors (Lipinski definition) is 2. The molecule has 0 spiro atoms. The Morgan fingerprint density at radius 1 is 1.23 bits per heavy atom. The molecule has 0 saturated heterocycles. The third-order valence-corrected chi connectivity index (χ3v) is 2.85. The van der Waals surface area contributed by atoms with Crippen molar-refractivity contribution in [1.29, 1.82) is 0 Å². The Kier molecular flexibility index (Phi) is 8.71. The quantitative estimate of drug-likeness (QED) is 0.474. The van der Waals surface area contributed by atoms with Gasteiger partial charge in [-0.05, 0) is 6.42 Å². The summed E-state index contributed by atoms with van der Waals surface area (Å²) in [4.78, 5) is 0. The molecule has 0 radical (unpaired) electrons. The zero-order chi connectivity index (χ0) is 10.1. The number of unbranched alkanes of at least 4 members (excludes halogenated alkanes) is 5. The highest BCUT2D eigenvalue weighted by Crippen LogP contribution is 2.08. The van der Waals surface area contributed by atoms with Crippen molar-refractivity contribution >= 4 is 11.1 Å². The monoisotopic (exact) mass is 207 g/mol. The molecular formula is C9H21NO2S. The van der Waals surface area contributed by atoms with E-state index in [1.807, 2.05) is 0 Å². The molecule has 0 aliphatic rings. The summed E-state index contributed by atoms with van der Waals surface area (Å²) in [6.45, 7) is 2.19. The van der Waals surface area contributed by atoms with Gasteiger partial charge in [0, 0.05) is 0 Å². The molecule has 3 N–H and O–H groups in total. The van der Waals surface area contributed by atoms with E-state index < -0.39 is 16.5 Å². The summed E-state index contributed by atoms with van der Waals surface area (Å²) in [5.74, 6) is 0. The van der Waals surface area contributed by atoms with Gasteiger partial charge in [-0.15, -0.1) is 0 Å². The minimum Gasteiger partial charge on any atom is -0.315 e. The molecule has 3 nitrogen and oxygen atoms in total. The number of rotatable bonds is 8. The summed E-state index contributed by atoms with van der Waals surface area (Å²) in [6.07, 6.45) is 7.79. The van der Waals surface area contributed by atoms with Gasteiger partial charge in [-0.25, -0.2) is 4.21 Å². The van der Waals surface area contributed by atoms with Crippen LogP contribution in [0.15, 0.2) is 0 Å². The Labute approximate surface area is 83.4 Å². The van der Waals surface area contributed by atoms with Crippen molar-refractivity contribution in [2.75, 3.05) is 0 Å². The molecule has 0 aliphatic heterocycles. The lowest BCUT2D eigenvalue weighted by molar-refractivity contribution is 0.527. The number of nitrogens with two attached hydrogens (primary N) is 1. The summed E-state index contributed by atoms with van der Waals surface area (Å²) >= 11 is -1.84. The molecular weight excluding hydrogens is 186 g/mol. The highest BCUT2D eigenvalue weighted by atomic mass is 32.2. The fourth-order valence-corrected chi connectivity index (χ4v) is 1.59. The van der Waals surface area contributed by atoms with Gasteiger partial charge in [-0.2, -0.15) is 0 Å². The van der Waals surface area contributed by atoms with Crippen molar-refractivity contribution in [2.45, 2.75) is 57.2 Å². The number of hydrogen-bond donors (Lipinski definition) is 2. The summed E-state index contributed by atoms with van der Waals surface area (Å²) in [7, 11) is 0. The van der Waals surface area contributed by atoms with Gasteiger partial charge in [0.2, 0.25) is 0 Å². The van der Waals surface area contributed by atoms with E-state index in [4.69, 9.17) is 10.3 Å². The van der Waals surface area contributed by atoms with Crippen molar-refractivity contribution in [3.63, 3.8) is 0 Å². The lowest BCUT2D eigenvalue weighted by Crippen LogP contribution is -2.24. The van der Waals surface area contributed by atoms with Crippen molar-refractivity contribution in [2.24, 2.45) is 5.73 Å². The van der Waals surface area contributed by atoms with Crippen LogP contribution in [0.4, 0.5) is 0 Å². The van der Waals surface area contributed by atoms with Gasteiger partial charge in [0.15, 0.2) is 11.1 Å². The third-order valence-electron chi connectivity index (χ3n) is 2.10. The molecule has 2 unspecified atom stereocenters. The lowest BCUT2D eigenvalue weighted by atomic mass is 10.1. The third kappa shape index (κ3) is 8.40. The van der Waals surface area contributed by atoms with Crippen LogP contribution >= 0.6 is 0 Å². The Bertz CT molecular complexity index is 142. The van der Waals surface area contributed by atoms with Crippen molar-refractivity contribution < 1.29 is 8.76 Å². The van der Waals surface area contributed by atoms with E-state index in [-0.39, 0.29) is 0 Å². The van der Waals surface area contributed by atoms with Crippen LogP contribution < -0.4 is 5.73 Å². The summed E-state index contributed by atoms with van der Waals surface area (Å²) in [5.41, 5.74) is 5.41. The van der Waals surface area contributed by atoms with Crippen LogP contribution in [0.1, 0.15) is 51.9 Å². The molecule has 0 aromatic rings. The highest BCUT2D eigenvalue weighted by Gasteiger charge is 2.07. The Hall–Kier alpha value is 0.0700. The topological polar surface area (TPSA) is 63.3 Å².